The SMILES string of the molecule is COc1ccc2c3c1O[C@@H]1CC(O)C=CC31CCN(CCCCCCN1C(=O)c3ccccc3S1(=O)=O)C2.O=C(O)/C=C/C(=O)O. The largest absolute Gasteiger partial charge is 0.493 e. The molecule has 3 aliphatic heterocycles. The van der Waals surface area contributed by atoms with Gasteiger partial charge in [0.15, 0.2) is 11.5 Å². The van der Waals surface area contributed by atoms with Gasteiger partial charge in [-0.15, -0.1) is 0 Å². The maximum absolute atomic E-state index is 12.7. The van der Waals surface area contributed by atoms with Gasteiger partial charge in [0.1, 0.15) is 11.0 Å². The number of methoxy groups -OCH3 is 1. The van der Waals surface area contributed by atoms with Crippen LogP contribution in [0.3, 0.4) is 0 Å². The summed E-state index contributed by atoms with van der Waals surface area (Å²) in [5.41, 5.74) is 2.50. The highest BCUT2D eigenvalue weighted by atomic mass is 32.2. The summed E-state index contributed by atoms with van der Waals surface area (Å²) in [6.07, 6.45) is 9.59. The van der Waals surface area contributed by atoms with Crippen molar-refractivity contribution >= 4 is 27.9 Å². The summed E-state index contributed by atoms with van der Waals surface area (Å²) in [5, 5.41) is 25.9. The average Bonchev–Trinajstić information content (AvgIpc) is 3.38. The molecule has 0 radical (unpaired) electrons. The van der Waals surface area contributed by atoms with Crippen LogP contribution >= 0.6 is 0 Å². The number of carbonyl (C=O) groups excluding carboxylic acids is 1. The van der Waals surface area contributed by atoms with Gasteiger partial charge in [0, 0.05) is 37.2 Å². The number of carbonyl (C=O) groups is 3. The number of carboxylic acid groups (broad SMARTS) is 2. The second-order valence-corrected chi connectivity index (χ2v) is 13.6. The molecular weight excluding hydrogens is 616 g/mol. The predicted molar refractivity (Wildman–Crippen MR) is 166 cm³/mol. The Morgan fingerprint density at radius 3 is 2.41 bits per heavy atom. The number of benzene rings is 2. The van der Waals surface area contributed by atoms with E-state index in [9.17, 15) is 27.9 Å². The van der Waals surface area contributed by atoms with E-state index < -0.39 is 34.0 Å². The number of hydrogen-bond acceptors (Lipinski definition) is 9. The molecular formula is C33H38N2O10S. The van der Waals surface area contributed by atoms with E-state index in [4.69, 9.17) is 19.7 Å². The molecule has 1 aliphatic carbocycles. The molecule has 2 aromatic rings. The molecule has 0 saturated heterocycles. The molecule has 12 nitrogen and oxygen atoms in total. The zero-order valence-electron chi connectivity index (χ0n) is 25.5. The lowest BCUT2D eigenvalue weighted by Crippen LogP contribution is -2.43. The van der Waals surface area contributed by atoms with Gasteiger partial charge in [0.05, 0.1) is 24.2 Å². The van der Waals surface area contributed by atoms with Crippen LogP contribution in [0.2, 0.25) is 0 Å². The normalized spacial score (nSPS) is 23.9. The van der Waals surface area contributed by atoms with Gasteiger partial charge in [0.2, 0.25) is 0 Å². The van der Waals surface area contributed by atoms with E-state index in [1.807, 2.05) is 12.1 Å². The number of carboxylic acids is 2. The van der Waals surface area contributed by atoms with Crippen molar-refractivity contribution < 1.29 is 47.6 Å². The topological polar surface area (TPSA) is 171 Å². The van der Waals surface area contributed by atoms with Crippen molar-refractivity contribution in [1.29, 1.82) is 0 Å². The van der Waals surface area contributed by atoms with Crippen molar-refractivity contribution in [3.8, 4) is 11.5 Å². The Labute approximate surface area is 267 Å². The van der Waals surface area contributed by atoms with Crippen LogP contribution in [0.1, 0.15) is 60.0 Å². The molecule has 3 N–H and O–H groups in total. The van der Waals surface area contributed by atoms with Crippen molar-refractivity contribution in [2.75, 3.05) is 26.7 Å². The molecule has 0 aromatic heterocycles. The lowest BCUT2D eigenvalue weighted by Gasteiger charge is -2.35. The van der Waals surface area contributed by atoms with Gasteiger partial charge in [-0.25, -0.2) is 22.3 Å². The maximum atomic E-state index is 12.7. The van der Waals surface area contributed by atoms with Gasteiger partial charge in [0.25, 0.3) is 15.9 Å². The first-order chi connectivity index (χ1) is 22.0. The molecule has 46 heavy (non-hydrogen) atoms. The smallest absolute Gasteiger partial charge is 0.328 e. The van der Waals surface area contributed by atoms with E-state index in [-0.39, 0.29) is 28.5 Å². The van der Waals surface area contributed by atoms with Gasteiger partial charge in [-0.1, -0.05) is 43.2 Å². The molecule has 2 unspecified atom stereocenters. The van der Waals surface area contributed by atoms with Crippen molar-refractivity contribution in [1.82, 2.24) is 9.21 Å². The number of aliphatic hydroxyl groups excluding tert-OH is 1. The maximum Gasteiger partial charge on any atom is 0.328 e. The Kier molecular flexibility index (Phi) is 9.85. The van der Waals surface area contributed by atoms with Crippen LogP contribution in [-0.4, -0.2) is 89.7 Å². The Balaban J connectivity index is 0.000000463. The summed E-state index contributed by atoms with van der Waals surface area (Å²) < 4.78 is 38.5. The van der Waals surface area contributed by atoms with E-state index in [1.165, 1.54) is 17.2 Å². The number of hydrogen-bond donors (Lipinski definition) is 3. The first kappa shape index (κ1) is 33.2. The van der Waals surface area contributed by atoms with Crippen LogP contribution in [0.5, 0.6) is 11.5 Å². The Hall–Kier alpha value is -4.20. The van der Waals surface area contributed by atoms with E-state index in [0.717, 1.165) is 61.1 Å². The number of amides is 1. The molecule has 2 aromatic carbocycles. The van der Waals surface area contributed by atoms with Crippen LogP contribution < -0.4 is 9.47 Å². The first-order valence-corrected chi connectivity index (χ1v) is 16.7. The molecule has 6 rings (SSSR count). The third-order valence-corrected chi connectivity index (χ3v) is 10.7. The van der Waals surface area contributed by atoms with Crippen molar-refractivity contribution in [3.05, 3.63) is 77.4 Å². The van der Waals surface area contributed by atoms with Crippen molar-refractivity contribution in [3.63, 3.8) is 0 Å². The zero-order valence-corrected chi connectivity index (χ0v) is 26.3. The standard InChI is InChI=1S/C29H34N2O6S.C4H4O4/c1-36-23-11-10-20-19-30(17-14-29-13-12-21(32)18-25(29)37-27(23)26(20)29)15-6-2-3-7-16-31-28(33)22-8-4-5-9-24(22)38(31,34)35;5-3(6)1-2-4(7)8/h4-5,8-13,21,25,32H,2-3,6-7,14-19H2,1H3;1-2H,(H,5,6)(H,7,8)/b;2-1+/t21?,25-,29?;/m1./s1. The quantitative estimate of drug-likeness (QED) is 0.195. The van der Waals surface area contributed by atoms with Crippen LogP contribution in [0.25, 0.3) is 0 Å². The van der Waals surface area contributed by atoms with Crippen LogP contribution in [-0.2, 0) is 31.6 Å². The zero-order chi connectivity index (χ0) is 33.1. The molecule has 1 amide bonds. The Morgan fingerprint density at radius 1 is 1.04 bits per heavy atom. The van der Waals surface area contributed by atoms with Crippen LogP contribution in [0.15, 0.2) is 65.6 Å². The number of aliphatic carboxylic acids is 2. The molecule has 0 saturated carbocycles. The average molecular weight is 655 g/mol. The number of unbranched alkanes of at least 4 members (excludes halogenated alkanes) is 3. The minimum absolute atomic E-state index is 0.0942. The van der Waals surface area contributed by atoms with Gasteiger partial charge >= 0.3 is 11.9 Å². The number of fused-ring (bicyclic) bond motifs is 1. The molecule has 4 aliphatic rings. The number of ether oxygens (including phenoxy) is 2. The lowest BCUT2D eigenvalue weighted by molar-refractivity contribution is -0.134. The number of rotatable bonds is 10. The monoisotopic (exact) mass is 654 g/mol. The number of nitrogens with zero attached hydrogens (tertiary/aromatic N) is 2. The summed E-state index contributed by atoms with van der Waals surface area (Å²) >= 11 is 0. The van der Waals surface area contributed by atoms with Gasteiger partial charge in [-0.05, 0) is 56.1 Å². The van der Waals surface area contributed by atoms with Crippen LogP contribution in [0.4, 0.5) is 0 Å². The van der Waals surface area contributed by atoms with Crippen LogP contribution in [0, 0.1) is 0 Å². The van der Waals surface area contributed by atoms with E-state index in [0.29, 0.717) is 25.0 Å². The molecule has 246 valence electrons. The third-order valence-electron chi connectivity index (χ3n) is 8.90. The molecule has 0 bridgehead atoms. The lowest BCUT2D eigenvalue weighted by atomic mass is 9.69. The highest BCUT2D eigenvalue weighted by Crippen LogP contribution is 2.55. The van der Waals surface area contributed by atoms with Gasteiger partial charge in [-0.2, -0.15) is 0 Å². The van der Waals surface area contributed by atoms with E-state index >= 15 is 0 Å². The Bertz CT molecular complexity index is 1650. The minimum atomic E-state index is -3.72. The highest BCUT2D eigenvalue weighted by Gasteiger charge is 2.52. The minimum Gasteiger partial charge on any atom is -0.493 e. The summed E-state index contributed by atoms with van der Waals surface area (Å²) in [6.45, 7) is 2.93. The summed E-state index contributed by atoms with van der Waals surface area (Å²) in [6, 6.07) is 10.6. The first-order valence-electron chi connectivity index (χ1n) is 15.2. The molecule has 3 heterocycles. The molecule has 0 fully saturated rings. The fourth-order valence-corrected chi connectivity index (χ4v) is 8.33. The van der Waals surface area contributed by atoms with Crippen molar-refractivity contribution in [2.24, 2.45) is 0 Å². The molecule has 1 spiro atoms. The fourth-order valence-electron chi connectivity index (χ4n) is 6.72. The molecule has 13 heteroatoms. The summed E-state index contributed by atoms with van der Waals surface area (Å²) in [5.74, 6) is -1.36. The van der Waals surface area contributed by atoms with Gasteiger partial charge in [-0.3, -0.25) is 9.69 Å². The highest BCUT2D eigenvalue weighted by molar-refractivity contribution is 7.90. The second kappa shape index (κ2) is 13.7. The summed E-state index contributed by atoms with van der Waals surface area (Å²) in [7, 11) is -2.06. The predicted octanol–water partition coefficient (Wildman–Crippen LogP) is 3.34. The molecule has 3 atom stereocenters. The van der Waals surface area contributed by atoms with Gasteiger partial charge < -0.3 is 24.8 Å². The number of aliphatic hydroxyl groups is 1. The second-order valence-electron chi connectivity index (χ2n) is 11.8. The number of sulfonamides is 1. The summed E-state index contributed by atoms with van der Waals surface area (Å²) in [4.78, 5) is 34.3. The Morgan fingerprint density at radius 2 is 1.74 bits per heavy atom. The van der Waals surface area contributed by atoms with Crippen molar-refractivity contribution in [2.45, 2.75) is 67.6 Å². The van der Waals surface area contributed by atoms with E-state index in [1.54, 1.807) is 25.3 Å². The van der Waals surface area contributed by atoms with E-state index in [2.05, 4.69) is 17.0 Å². The fraction of sp³-hybridized carbons (Fsp3) is 0.424. The third kappa shape index (κ3) is 6.53.